The average molecular weight is 380 g/mol. The van der Waals surface area contributed by atoms with Crippen molar-refractivity contribution in [2.24, 2.45) is 0 Å². The van der Waals surface area contributed by atoms with Gasteiger partial charge in [0.25, 0.3) is 0 Å². The Hall–Kier alpha value is 0.349. The van der Waals surface area contributed by atoms with Crippen LogP contribution in [-0.2, 0) is 35.7 Å². The van der Waals surface area contributed by atoms with Gasteiger partial charge in [0.2, 0.25) is 0 Å². The van der Waals surface area contributed by atoms with Crippen molar-refractivity contribution >= 4 is 22.9 Å². The zero-order valence-electron chi connectivity index (χ0n) is 10.5. The first-order chi connectivity index (χ1) is 8.09. The number of hydrogen-bond acceptors (Lipinski definition) is 1. The van der Waals surface area contributed by atoms with Gasteiger partial charge in [0.1, 0.15) is 0 Å². The van der Waals surface area contributed by atoms with E-state index in [0.29, 0.717) is 12.1 Å². The van der Waals surface area contributed by atoms with Crippen LogP contribution in [0.1, 0.15) is 27.7 Å². The van der Waals surface area contributed by atoms with Crippen LogP contribution >= 0.6 is 22.9 Å². The summed E-state index contributed by atoms with van der Waals surface area (Å²) in [6.45, 7) is 26.9. The minimum absolute atomic E-state index is 0. The summed E-state index contributed by atoms with van der Waals surface area (Å²) in [5.41, 5.74) is 0. The fraction of sp³-hybridized carbons (Fsp3) is 0.600. The molecule has 0 bridgehead atoms. The van der Waals surface area contributed by atoms with Crippen LogP contribution in [0.25, 0.3) is 0 Å². The zero-order valence-corrected chi connectivity index (χ0v) is 14.2. The molecule has 0 rings (SSSR count). The van der Waals surface area contributed by atoms with Gasteiger partial charge in [0.05, 0.1) is 0 Å². The monoisotopic (exact) mass is 379 g/mol. The van der Waals surface area contributed by atoms with Gasteiger partial charge in [0.15, 0.2) is 0 Å². The Labute approximate surface area is 129 Å². The van der Waals surface area contributed by atoms with Crippen LogP contribution < -0.4 is 0 Å². The Morgan fingerprint density at radius 3 is 0.944 bits per heavy atom. The van der Waals surface area contributed by atoms with Crippen molar-refractivity contribution in [1.29, 1.82) is 0 Å². The molecular formula is C10H15BrFeNO4P. The summed E-state index contributed by atoms with van der Waals surface area (Å²) in [7, 11) is 0.755. The Kier molecular flexibility index (Phi) is 87.1. The predicted octanol–water partition coefficient (Wildman–Crippen LogP) is 2.86. The summed E-state index contributed by atoms with van der Waals surface area (Å²) in [6, 6.07) is 1.31. The van der Waals surface area contributed by atoms with Gasteiger partial charge >= 0.3 is 45.2 Å². The number of nitrogens with zero attached hydrogens (tertiary/aromatic N) is 1. The predicted molar refractivity (Wildman–Crippen MR) is 65.1 cm³/mol. The molecule has 0 fully saturated rings. The molecule has 0 aromatic carbocycles. The number of hydrogen-bond donors (Lipinski definition) is 0. The first-order valence-electron chi connectivity index (χ1n) is 4.05. The Morgan fingerprint density at radius 1 is 0.778 bits per heavy atom. The van der Waals surface area contributed by atoms with Crippen molar-refractivity contribution in [3.8, 4) is 0 Å². The van der Waals surface area contributed by atoms with E-state index < -0.39 is 0 Å². The smallest absolute Gasteiger partial charge is 0 e. The van der Waals surface area contributed by atoms with E-state index in [2.05, 4.69) is 74.5 Å². The molecule has 1 atom stereocenters. The Morgan fingerprint density at radius 2 is 0.944 bits per heavy atom. The topological polar surface area (TPSA) is 82.8 Å². The van der Waals surface area contributed by atoms with Crippen molar-refractivity contribution < 1.29 is 35.7 Å². The minimum atomic E-state index is 0. The normalized spacial score (nSPS) is 7.11. The second-order valence-electron chi connectivity index (χ2n) is 2.68. The summed E-state index contributed by atoms with van der Waals surface area (Å²) >= 11 is 3.47. The van der Waals surface area contributed by atoms with E-state index in [1.807, 2.05) is 0 Å². The van der Waals surface area contributed by atoms with Gasteiger partial charge in [-0.25, -0.2) is 0 Å². The first kappa shape index (κ1) is 36.2. The van der Waals surface area contributed by atoms with Crippen LogP contribution in [0.4, 0.5) is 0 Å². The summed E-state index contributed by atoms with van der Waals surface area (Å²) in [4.78, 5) is 0. The fourth-order valence-corrected chi connectivity index (χ4v) is 3.64. The van der Waals surface area contributed by atoms with E-state index >= 15 is 0 Å². The SMILES string of the molecule is CC(C)N(PBr)C(C)C.[C-]#[O+].[C-]#[O+].[C-]#[O+].[C-]#[O+].[Fe]. The van der Waals surface area contributed by atoms with Gasteiger partial charge in [0, 0.05) is 36.6 Å². The molecule has 0 N–H and O–H groups in total. The second-order valence-corrected chi connectivity index (χ2v) is 4.43. The molecule has 5 nitrogen and oxygen atoms in total. The van der Waals surface area contributed by atoms with E-state index in [1.54, 1.807) is 0 Å². The molecule has 0 saturated carbocycles. The molecule has 0 heterocycles. The summed E-state index contributed by atoms with van der Waals surface area (Å²) < 4.78 is 32.4. The second kappa shape index (κ2) is 43.3. The van der Waals surface area contributed by atoms with Gasteiger partial charge < -0.3 is 0 Å². The molecule has 8 heteroatoms. The van der Waals surface area contributed by atoms with E-state index in [9.17, 15) is 0 Å². The van der Waals surface area contributed by atoms with E-state index in [0.717, 1.165) is 7.43 Å². The van der Waals surface area contributed by atoms with Gasteiger partial charge in [-0.1, -0.05) is 0 Å². The van der Waals surface area contributed by atoms with Crippen molar-refractivity contribution in [2.75, 3.05) is 0 Å². The standard InChI is InChI=1S/C6H15BrNP.4CO.Fe/c1-5(2)8(9-7)6(3)4;4*1-2;/h5-6,9H,1-4H3;;;;;. The Balaban J connectivity index is -0.0000000342. The van der Waals surface area contributed by atoms with Crippen LogP contribution in [0.3, 0.4) is 0 Å². The van der Waals surface area contributed by atoms with E-state index in [-0.39, 0.29) is 17.1 Å². The molecule has 0 aliphatic rings. The molecule has 0 aromatic rings. The summed E-state index contributed by atoms with van der Waals surface area (Å²) in [5.74, 6) is 0. The maximum absolute atomic E-state index is 7.50. The van der Waals surface area contributed by atoms with Gasteiger partial charge in [-0.05, 0) is 43.2 Å². The summed E-state index contributed by atoms with van der Waals surface area (Å²) in [6.07, 6.45) is 0. The molecule has 0 aromatic heterocycles. The van der Waals surface area contributed by atoms with Crippen molar-refractivity contribution in [3.05, 3.63) is 26.6 Å². The third-order valence-corrected chi connectivity index (χ3v) is 3.67. The fourth-order valence-electron chi connectivity index (χ4n) is 0.791. The summed E-state index contributed by atoms with van der Waals surface area (Å²) in [5, 5.41) is 0. The largest absolute Gasteiger partial charge is 0 e. The van der Waals surface area contributed by atoms with Crippen molar-refractivity contribution in [3.63, 3.8) is 0 Å². The maximum atomic E-state index is 7.50. The molecule has 0 saturated heterocycles. The maximum Gasteiger partial charge on any atom is 0 e. The van der Waals surface area contributed by atoms with Crippen LogP contribution in [0.5, 0.6) is 0 Å². The average Bonchev–Trinajstić information content (AvgIpc) is 2.39. The third-order valence-electron chi connectivity index (χ3n) is 1.21. The van der Waals surface area contributed by atoms with Crippen LogP contribution in [0, 0.1) is 26.6 Å². The van der Waals surface area contributed by atoms with E-state index in [1.165, 1.54) is 0 Å². The molecule has 18 heavy (non-hydrogen) atoms. The van der Waals surface area contributed by atoms with Crippen LogP contribution in [-0.4, -0.2) is 16.8 Å². The molecule has 0 aliphatic heterocycles. The quantitative estimate of drug-likeness (QED) is 0.321. The Bertz CT molecular complexity index is 175. The molecule has 0 spiro atoms. The molecule has 0 amide bonds. The van der Waals surface area contributed by atoms with Crippen LogP contribution in [0.2, 0.25) is 0 Å². The molecule has 104 valence electrons. The number of rotatable bonds is 3. The van der Waals surface area contributed by atoms with Crippen molar-refractivity contribution in [2.45, 2.75) is 39.8 Å². The molecule has 1 unspecified atom stereocenters. The number of halogens is 1. The zero-order chi connectivity index (χ0) is 15.4. The van der Waals surface area contributed by atoms with E-state index in [4.69, 9.17) is 18.6 Å². The molecular weight excluding hydrogens is 365 g/mol. The van der Waals surface area contributed by atoms with Crippen LogP contribution in [0.15, 0.2) is 0 Å². The third kappa shape index (κ3) is 36.0. The van der Waals surface area contributed by atoms with Gasteiger partial charge in [-0.2, -0.15) is 0 Å². The van der Waals surface area contributed by atoms with Gasteiger partial charge in [-0.3, -0.25) is 4.67 Å². The minimum Gasteiger partial charge on any atom is 0 e. The first-order valence-corrected chi connectivity index (χ1v) is 7.26. The molecule has 0 aliphatic carbocycles. The van der Waals surface area contributed by atoms with Crippen molar-refractivity contribution in [1.82, 2.24) is 4.67 Å². The van der Waals surface area contributed by atoms with Gasteiger partial charge in [-0.15, -0.1) is 0 Å². The molecule has 0 radical (unpaired) electrons.